The summed E-state index contributed by atoms with van der Waals surface area (Å²) < 4.78 is 23.4. The first-order valence-electron chi connectivity index (χ1n) is 9.22. The van der Waals surface area contributed by atoms with Gasteiger partial charge >= 0.3 is 0 Å². The van der Waals surface area contributed by atoms with Gasteiger partial charge in [0.1, 0.15) is 5.82 Å². The predicted molar refractivity (Wildman–Crippen MR) is 115 cm³/mol. The van der Waals surface area contributed by atoms with Crippen molar-refractivity contribution >= 4 is 23.7 Å². The number of carbonyl (C=O) groups is 2. The summed E-state index contributed by atoms with van der Waals surface area (Å²) in [5.41, 5.74) is 4.35. The largest absolute Gasteiger partial charge is 0.493 e. The van der Waals surface area contributed by atoms with E-state index < -0.39 is 11.7 Å². The Labute approximate surface area is 178 Å². The summed E-state index contributed by atoms with van der Waals surface area (Å²) in [4.78, 5) is 24.4. The smallest absolute Gasteiger partial charge is 0.271 e. The molecule has 2 amide bonds. The monoisotopic (exact) mass is 421 g/mol. The normalized spacial score (nSPS) is 10.5. The summed E-state index contributed by atoms with van der Waals surface area (Å²) in [6, 6.07) is 16.7. The summed E-state index contributed by atoms with van der Waals surface area (Å²) in [5, 5.41) is 6.63. The topological polar surface area (TPSA) is 89.0 Å². The second kappa shape index (κ2) is 10.0. The molecule has 0 aliphatic heterocycles. The molecule has 0 aromatic heterocycles. The number of hydrogen-bond acceptors (Lipinski definition) is 5. The fourth-order valence-electron chi connectivity index (χ4n) is 2.67. The van der Waals surface area contributed by atoms with Gasteiger partial charge in [0.05, 0.1) is 20.4 Å². The molecule has 0 saturated heterocycles. The minimum Gasteiger partial charge on any atom is -0.493 e. The lowest BCUT2D eigenvalue weighted by Crippen LogP contribution is -2.18. The van der Waals surface area contributed by atoms with Crippen molar-refractivity contribution in [1.29, 1.82) is 0 Å². The first-order valence-corrected chi connectivity index (χ1v) is 9.22. The third-order valence-electron chi connectivity index (χ3n) is 4.30. The van der Waals surface area contributed by atoms with E-state index in [1.54, 1.807) is 49.6 Å². The van der Waals surface area contributed by atoms with E-state index in [9.17, 15) is 14.0 Å². The molecule has 158 valence electrons. The van der Waals surface area contributed by atoms with Crippen LogP contribution in [0.4, 0.5) is 10.1 Å². The Morgan fingerprint density at radius 2 is 1.45 bits per heavy atom. The highest BCUT2D eigenvalue weighted by atomic mass is 19.1. The molecule has 0 aliphatic carbocycles. The van der Waals surface area contributed by atoms with E-state index in [0.717, 1.165) is 5.56 Å². The molecule has 0 aliphatic rings. The van der Waals surface area contributed by atoms with Crippen LogP contribution in [0.2, 0.25) is 0 Å². The number of nitrogens with one attached hydrogen (secondary N) is 2. The van der Waals surface area contributed by atoms with Crippen molar-refractivity contribution in [3.8, 4) is 11.5 Å². The SMILES string of the molecule is COc1ccc(C=NNC(=O)c2ccc(NC(=O)c3ccc(F)cc3)cc2)cc1OC. The minimum atomic E-state index is -0.416. The van der Waals surface area contributed by atoms with Crippen LogP contribution in [-0.2, 0) is 0 Å². The van der Waals surface area contributed by atoms with Crippen LogP contribution >= 0.6 is 0 Å². The predicted octanol–water partition coefficient (Wildman–Crippen LogP) is 3.86. The molecular formula is C23H20FN3O4. The fraction of sp³-hybridized carbons (Fsp3) is 0.0870. The number of nitrogens with zero attached hydrogens (tertiary/aromatic N) is 1. The number of hydrazone groups is 1. The number of halogens is 1. The van der Waals surface area contributed by atoms with Crippen molar-refractivity contribution < 1.29 is 23.5 Å². The van der Waals surface area contributed by atoms with Gasteiger partial charge in [-0.3, -0.25) is 9.59 Å². The molecule has 7 nitrogen and oxygen atoms in total. The number of methoxy groups -OCH3 is 2. The molecule has 0 radical (unpaired) electrons. The standard InChI is InChI=1S/C23H20FN3O4/c1-30-20-12-3-15(13-21(20)31-2)14-25-27-23(29)17-6-10-19(11-7-17)26-22(28)16-4-8-18(24)9-5-16/h3-14H,1-2H3,(H,26,28)(H,27,29). The van der Waals surface area contributed by atoms with Gasteiger partial charge in [-0.2, -0.15) is 5.10 Å². The van der Waals surface area contributed by atoms with Crippen LogP contribution in [0, 0.1) is 5.82 Å². The summed E-state index contributed by atoms with van der Waals surface area (Å²) in [7, 11) is 3.08. The maximum absolute atomic E-state index is 13.0. The van der Waals surface area contributed by atoms with Gasteiger partial charge in [0, 0.05) is 16.8 Å². The highest BCUT2D eigenvalue weighted by molar-refractivity contribution is 6.04. The Bertz CT molecular complexity index is 1100. The van der Waals surface area contributed by atoms with E-state index >= 15 is 0 Å². The van der Waals surface area contributed by atoms with Crippen LogP contribution in [0.5, 0.6) is 11.5 Å². The van der Waals surface area contributed by atoms with E-state index in [0.29, 0.717) is 28.3 Å². The lowest BCUT2D eigenvalue weighted by molar-refractivity contribution is 0.0954. The molecule has 3 rings (SSSR count). The summed E-state index contributed by atoms with van der Waals surface area (Å²) in [6.45, 7) is 0. The van der Waals surface area contributed by atoms with Gasteiger partial charge in [0.25, 0.3) is 11.8 Å². The van der Waals surface area contributed by atoms with Crippen LogP contribution in [0.25, 0.3) is 0 Å². The third-order valence-corrected chi connectivity index (χ3v) is 4.30. The molecule has 8 heteroatoms. The van der Waals surface area contributed by atoms with Gasteiger partial charge in [-0.05, 0) is 72.3 Å². The van der Waals surface area contributed by atoms with Crippen LogP contribution in [0.15, 0.2) is 71.8 Å². The van der Waals surface area contributed by atoms with E-state index in [1.807, 2.05) is 0 Å². The van der Waals surface area contributed by atoms with Crippen LogP contribution in [0.3, 0.4) is 0 Å². The summed E-state index contributed by atoms with van der Waals surface area (Å²) in [6.07, 6.45) is 1.48. The molecule has 0 fully saturated rings. The van der Waals surface area contributed by atoms with Gasteiger partial charge < -0.3 is 14.8 Å². The number of anilines is 1. The first-order chi connectivity index (χ1) is 15.0. The van der Waals surface area contributed by atoms with Gasteiger partial charge in [0.15, 0.2) is 11.5 Å². The maximum Gasteiger partial charge on any atom is 0.271 e. The molecule has 31 heavy (non-hydrogen) atoms. The Hall–Kier alpha value is -4.20. The van der Waals surface area contributed by atoms with Crippen LogP contribution < -0.4 is 20.2 Å². The summed E-state index contributed by atoms with van der Waals surface area (Å²) in [5.74, 6) is -0.0584. The molecule has 0 atom stereocenters. The second-order valence-electron chi connectivity index (χ2n) is 6.35. The average molecular weight is 421 g/mol. The molecule has 0 saturated carbocycles. The van der Waals surface area contributed by atoms with Crippen molar-refractivity contribution in [3.05, 3.63) is 89.2 Å². The van der Waals surface area contributed by atoms with Crippen molar-refractivity contribution in [3.63, 3.8) is 0 Å². The zero-order valence-corrected chi connectivity index (χ0v) is 16.9. The van der Waals surface area contributed by atoms with Crippen molar-refractivity contribution in [2.24, 2.45) is 5.10 Å². The van der Waals surface area contributed by atoms with E-state index in [2.05, 4.69) is 15.8 Å². The molecular weight excluding hydrogens is 401 g/mol. The van der Waals surface area contributed by atoms with Crippen molar-refractivity contribution in [2.75, 3.05) is 19.5 Å². The number of hydrogen-bond donors (Lipinski definition) is 2. The average Bonchev–Trinajstić information content (AvgIpc) is 2.79. The molecule has 0 heterocycles. The first kappa shape index (κ1) is 21.5. The second-order valence-corrected chi connectivity index (χ2v) is 6.35. The van der Waals surface area contributed by atoms with Gasteiger partial charge in [-0.15, -0.1) is 0 Å². The fourth-order valence-corrected chi connectivity index (χ4v) is 2.67. The van der Waals surface area contributed by atoms with E-state index in [1.165, 1.54) is 37.6 Å². The number of ether oxygens (including phenoxy) is 2. The zero-order valence-electron chi connectivity index (χ0n) is 16.9. The highest BCUT2D eigenvalue weighted by Gasteiger charge is 2.08. The highest BCUT2D eigenvalue weighted by Crippen LogP contribution is 2.26. The van der Waals surface area contributed by atoms with Crippen molar-refractivity contribution in [2.45, 2.75) is 0 Å². The minimum absolute atomic E-state index is 0.327. The van der Waals surface area contributed by atoms with Gasteiger partial charge in [0.2, 0.25) is 0 Å². The quantitative estimate of drug-likeness (QED) is 0.448. The number of rotatable bonds is 7. The Morgan fingerprint density at radius 1 is 0.839 bits per heavy atom. The van der Waals surface area contributed by atoms with Crippen LogP contribution in [0.1, 0.15) is 26.3 Å². The zero-order chi connectivity index (χ0) is 22.2. The number of amides is 2. The lowest BCUT2D eigenvalue weighted by Gasteiger charge is -2.07. The Balaban J connectivity index is 1.58. The molecule has 2 N–H and O–H groups in total. The number of carbonyl (C=O) groups excluding carboxylic acids is 2. The Morgan fingerprint density at radius 3 is 2.10 bits per heavy atom. The molecule has 0 spiro atoms. The molecule has 3 aromatic rings. The molecule has 3 aromatic carbocycles. The Kier molecular flexibility index (Phi) is 6.95. The van der Waals surface area contributed by atoms with E-state index in [4.69, 9.17) is 9.47 Å². The molecule has 0 unspecified atom stereocenters. The lowest BCUT2D eigenvalue weighted by atomic mass is 10.1. The number of benzene rings is 3. The third kappa shape index (κ3) is 5.66. The van der Waals surface area contributed by atoms with Crippen molar-refractivity contribution in [1.82, 2.24) is 5.43 Å². The summed E-state index contributed by atoms with van der Waals surface area (Å²) >= 11 is 0. The molecule has 0 bridgehead atoms. The van der Waals surface area contributed by atoms with E-state index in [-0.39, 0.29) is 5.91 Å². The van der Waals surface area contributed by atoms with Gasteiger partial charge in [-0.25, -0.2) is 9.82 Å². The van der Waals surface area contributed by atoms with Gasteiger partial charge in [-0.1, -0.05) is 0 Å². The maximum atomic E-state index is 13.0. The van der Waals surface area contributed by atoms with Crippen LogP contribution in [-0.4, -0.2) is 32.2 Å².